The lowest BCUT2D eigenvalue weighted by Crippen LogP contribution is -2.49. The fourth-order valence-electron chi connectivity index (χ4n) is 3.00. The Morgan fingerprint density at radius 1 is 1.21 bits per heavy atom. The largest absolute Gasteiger partial charge is 0.485 e. The molecule has 1 fully saturated rings. The molecule has 1 saturated carbocycles. The molecule has 126 valence electrons. The van der Waals surface area contributed by atoms with Crippen LogP contribution in [0.25, 0.3) is 0 Å². The zero-order valence-electron chi connectivity index (χ0n) is 13.1. The molecular formula is C18H19NO5. The first-order valence-electron chi connectivity index (χ1n) is 8.09. The van der Waals surface area contributed by atoms with Gasteiger partial charge in [-0.1, -0.05) is 12.1 Å². The van der Waals surface area contributed by atoms with Gasteiger partial charge >= 0.3 is 0 Å². The summed E-state index contributed by atoms with van der Waals surface area (Å²) in [5.74, 6) is 1.46. The van der Waals surface area contributed by atoms with E-state index in [0.717, 1.165) is 12.8 Å². The summed E-state index contributed by atoms with van der Waals surface area (Å²) in [4.78, 5) is 12.4. The predicted octanol–water partition coefficient (Wildman–Crippen LogP) is 1.83. The maximum atomic E-state index is 12.4. The second kappa shape index (κ2) is 5.87. The molecule has 2 aromatic rings. The van der Waals surface area contributed by atoms with Crippen molar-refractivity contribution in [1.29, 1.82) is 0 Å². The number of rotatable bonds is 5. The quantitative estimate of drug-likeness (QED) is 0.875. The molecule has 1 aromatic carbocycles. The second-order valence-electron chi connectivity index (χ2n) is 6.26. The van der Waals surface area contributed by atoms with Crippen molar-refractivity contribution in [2.45, 2.75) is 24.5 Å². The summed E-state index contributed by atoms with van der Waals surface area (Å²) in [6, 6.07) is 10.7. The second-order valence-corrected chi connectivity index (χ2v) is 6.26. The number of carbonyl (C=O) groups excluding carboxylic acids is 1. The number of benzene rings is 1. The number of fused-ring (bicyclic) bond motifs is 1. The van der Waals surface area contributed by atoms with E-state index in [1.807, 2.05) is 12.1 Å². The van der Waals surface area contributed by atoms with Crippen LogP contribution in [0.4, 0.5) is 0 Å². The Hall–Kier alpha value is -2.47. The van der Waals surface area contributed by atoms with E-state index in [-0.39, 0.29) is 25.0 Å². The maximum absolute atomic E-state index is 12.4. The number of para-hydroxylation sites is 2. The van der Waals surface area contributed by atoms with E-state index in [9.17, 15) is 9.90 Å². The molecule has 1 aliphatic carbocycles. The van der Waals surface area contributed by atoms with Crippen molar-refractivity contribution in [1.82, 2.24) is 5.32 Å². The molecule has 6 heteroatoms. The van der Waals surface area contributed by atoms with Gasteiger partial charge in [-0.3, -0.25) is 4.79 Å². The summed E-state index contributed by atoms with van der Waals surface area (Å²) in [6.45, 7) is 0.233. The van der Waals surface area contributed by atoms with Crippen LogP contribution in [0.2, 0.25) is 0 Å². The lowest BCUT2D eigenvalue weighted by Gasteiger charge is -2.29. The van der Waals surface area contributed by atoms with Crippen LogP contribution in [0.15, 0.2) is 47.1 Å². The molecule has 2 heterocycles. The smallest absolute Gasteiger partial charge is 0.264 e. The van der Waals surface area contributed by atoms with E-state index in [1.54, 1.807) is 24.3 Å². The third-order valence-electron chi connectivity index (χ3n) is 4.53. The molecule has 1 amide bonds. The van der Waals surface area contributed by atoms with Gasteiger partial charge < -0.3 is 24.3 Å². The summed E-state index contributed by atoms with van der Waals surface area (Å²) in [6.07, 6.45) is 2.63. The molecule has 1 aromatic heterocycles. The predicted molar refractivity (Wildman–Crippen MR) is 84.7 cm³/mol. The lowest BCUT2D eigenvalue weighted by molar-refractivity contribution is -0.132. The zero-order valence-corrected chi connectivity index (χ0v) is 13.1. The SMILES string of the molecule is O=C(NCC(O)(c1ccco1)C1CC1)C1COc2ccccc2O1. The normalized spacial score (nSPS) is 21.8. The number of carbonyl (C=O) groups is 1. The molecule has 0 bridgehead atoms. The van der Waals surface area contributed by atoms with Gasteiger partial charge in [-0.15, -0.1) is 0 Å². The molecule has 2 atom stereocenters. The Morgan fingerprint density at radius 3 is 2.71 bits per heavy atom. The number of ether oxygens (including phenoxy) is 2. The van der Waals surface area contributed by atoms with Crippen molar-refractivity contribution in [3.63, 3.8) is 0 Å². The minimum atomic E-state index is -1.17. The Labute approximate surface area is 139 Å². The Morgan fingerprint density at radius 2 is 2.00 bits per heavy atom. The van der Waals surface area contributed by atoms with E-state index in [0.29, 0.717) is 17.3 Å². The highest BCUT2D eigenvalue weighted by atomic mass is 16.6. The third kappa shape index (κ3) is 2.73. The van der Waals surface area contributed by atoms with Crippen LogP contribution in [0, 0.1) is 5.92 Å². The van der Waals surface area contributed by atoms with Crippen LogP contribution >= 0.6 is 0 Å². The maximum Gasteiger partial charge on any atom is 0.264 e. The van der Waals surface area contributed by atoms with Gasteiger partial charge in [0.05, 0.1) is 12.8 Å². The van der Waals surface area contributed by atoms with Crippen molar-refractivity contribution in [3.8, 4) is 11.5 Å². The van der Waals surface area contributed by atoms with E-state index in [2.05, 4.69) is 5.32 Å². The number of aliphatic hydroxyl groups is 1. The number of furan rings is 1. The standard InChI is InChI=1S/C18H19NO5/c20-17(15-10-23-13-4-1-2-5-14(13)24-15)19-11-18(21,12-7-8-12)16-6-3-9-22-16/h1-6,9,12,15,21H,7-8,10-11H2,(H,19,20). The minimum Gasteiger partial charge on any atom is -0.485 e. The van der Waals surface area contributed by atoms with Crippen molar-refractivity contribution < 1.29 is 23.8 Å². The average molecular weight is 329 g/mol. The fourth-order valence-corrected chi connectivity index (χ4v) is 3.00. The molecule has 2 aliphatic rings. The van der Waals surface area contributed by atoms with E-state index in [1.165, 1.54) is 6.26 Å². The molecule has 2 unspecified atom stereocenters. The number of amides is 1. The van der Waals surface area contributed by atoms with E-state index in [4.69, 9.17) is 13.9 Å². The Kier molecular flexibility index (Phi) is 3.69. The van der Waals surface area contributed by atoms with Crippen molar-refractivity contribution in [2.24, 2.45) is 5.92 Å². The van der Waals surface area contributed by atoms with Crippen molar-refractivity contribution in [2.75, 3.05) is 13.2 Å². The van der Waals surface area contributed by atoms with Gasteiger partial charge in [0.1, 0.15) is 18.0 Å². The van der Waals surface area contributed by atoms with Crippen LogP contribution in [0.5, 0.6) is 11.5 Å². The summed E-state index contributed by atoms with van der Waals surface area (Å²) >= 11 is 0. The summed E-state index contributed by atoms with van der Waals surface area (Å²) < 4.78 is 16.6. The molecule has 2 N–H and O–H groups in total. The Balaban J connectivity index is 1.41. The number of hydrogen-bond acceptors (Lipinski definition) is 5. The van der Waals surface area contributed by atoms with Gasteiger partial charge in [-0.25, -0.2) is 0 Å². The summed E-state index contributed by atoms with van der Waals surface area (Å²) in [5.41, 5.74) is -1.17. The molecular weight excluding hydrogens is 310 g/mol. The lowest BCUT2D eigenvalue weighted by atomic mass is 9.94. The van der Waals surface area contributed by atoms with Crippen LogP contribution in [-0.4, -0.2) is 30.3 Å². The fraction of sp³-hybridized carbons (Fsp3) is 0.389. The first-order chi connectivity index (χ1) is 11.7. The Bertz CT molecular complexity index is 725. The number of hydrogen-bond donors (Lipinski definition) is 2. The average Bonchev–Trinajstić information content (AvgIpc) is 3.34. The van der Waals surface area contributed by atoms with Crippen LogP contribution in [0.3, 0.4) is 0 Å². The van der Waals surface area contributed by atoms with Crippen LogP contribution in [0.1, 0.15) is 18.6 Å². The van der Waals surface area contributed by atoms with Gasteiger partial charge in [0.2, 0.25) is 6.10 Å². The first kappa shape index (κ1) is 15.1. The molecule has 0 saturated heterocycles. The summed E-state index contributed by atoms with van der Waals surface area (Å²) in [5, 5.41) is 13.7. The van der Waals surface area contributed by atoms with Gasteiger partial charge in [0.25, 0.3) is 5.91 Å². The molecule has 24 heavy (non-hydrogen) atoms. The van der Waals surface area contributed by atoms with E-state index >= 15 is 0 Å². The van der Waals surface area contributed by atoms with Gasteiger partial charge in [-0.2, -0.15) is 0 Å². The van der Waals surface area contributed by atoms with E-state index < -0.39 is 11.7 Å². The monoisotopic (exact) mass is 329 g/mol. The van der Waals surface area contributed by atoms with Gasteiger partial charge in [0.15, 0.2) is 11.5 Å². The molecule has 1 aliphatic heterocycles. The molecule has 0 spiro atoms. The van der Waals surface area contributed by atoms with Gasteiger partial charge in [0, 0.05) is 0 Å². The minimum absolute atomic E-state index is 0.0888. The van der Waals surface area contributed by atoms with Crippen LogP contribution < -0.4 is 14.8 Å². The topological polar surface area (TPSA) is 80.9 Å². The highest BCUT2D eigenvalue weighted by Gasteiger charge is 2.47. The zero-order chi connectivity index (χ0) is 16.6. The van der Waals surface area contributed by atoms with Crippen molar-refractivity contribution >= 4 is 5.91 Å². The van der Waals surface area contributed by atoms with Gasteiger partial charge in [-0.05, 0) is 43.0 Å². The molecule has 4 rings (SSSR count). The van der Waals surface area contributed by atoms with Crippen molar-refractivity contribution in [3.05, 3.63) is 48.4 Å². The molecule has 6 nitrogen and oxygen atoms in total. The highest BCUT2D eigenvalue weighted by Crippen LogP contribution is 2.45. The third-order valence-corrected chi connectivity index (χ3v) is 4.53. The van der Waals surface area contributed by atoms with Crippen LogP contribution in [-0.2, 0) is 10.4 Å². The summed E-state index contributed by atoms with van der Waals surface area (Å²) in [7, 11) is 0. The first-order valence-corrected chi connectivity index (χ1v) is 8.09. The highest BCUT2D eigenvalue weighted by molar-refractivity contribution is 5.81. The number of nitrogens with one attached hydrogen (secondary N) is 1. The molecule has 0 radical (unpaired) electrons.